The van der Waals surface area contributed by atoms with Crippen LogP contribution in [0.2, 0.25) is 0 Å². The minimum absolute atomic E-state index is 0.0830. The van der Waals surface area contributed by atoms with Crippen LogP contribution in [-0.2, 0) is 0 Å². The van der Waals surface area contributed by atoms with Gasteiger partial charge in [0.1, 0.15) is 13.2 Å². The molecule has 3 heterocycles. The molecule has 0 saturated carbocycles. The van der Waals surface area contributed by atoms with E-state index in [1.165, 1.54) is 6.26 Å². The maximum Gasteiger partial charge on any atom is 0.289 e. The van der Waals surface area contributed by atoms with Gasteiger partial charge in [0.25, 0.3) is 5.91 Å². The van der Waals surface area contributed by atoms with Gasteiger partial charge in [-0.1, -0.05) is 0 Å². The number of carbonyl (C=O) groups is 1. The van der Waals surface area contributed by atoms with Crippen molar-refractivity contribution in [3.63, 3.8) is 0 Å². The highest BCUT2D eigenvalue weighted by molar-refractivity contribution is 7.80. The van der Waals surface area contributed by atoms with E-state index in [9.17, 15) is 4.79 Å². The second-order valence-electron chi connectivity index (χ2n) is 6.05. The van der Waals surface area contributed by atoms with Crippen LogP contribution >= 0.6 is 12.2 Å². The van der Waals surface area contributed by atoms with E-state index >= 15 is 0 Å². The number of nitrogens with zero attached hydrogens (tertiary/aromatic N) is 2. The summed E-state index contributed by atoms with van der Waals surface area (Å²) in [7, 11) is 0. The number of furan rings is 1. The molecule has 2 aliphatic heterocycles. The Morgan fingerprint density at radius 3 is 2.46 bits per heavy atom. The lowest BCUT2D eigenvalue weighted by molar-refractivity contribution is 0.0661. The molecule has 0 unspecified atom stereocenters. The molecule has 0 bridgehead atoms. The largest absolute Gasteiger partial charge is 0.486 e. The van der Waals surface area contributed by atoms with Gasteiger partial charge in [0, 0.05) is 37.9 Å². The second-order valence-corrected chi connectivity index (χ2v) is 6.43. The molecule has 4 rings (SSSR count). The van der Waals surface area contributed by atoms with E-state index in [1.807, 2.05) is 18.2 Å². The van der Waals surface area contributed by atoms with Gasteiger partial charge in [0.05, 0.1) is 6.26 Å². The molecule has 2 aromatic rings. The number of fused-ring (bicyclic) bond motifs is 1. The third-order valence-electron chi connectivity index (χ3n) is 4.38. The first kappa shape index (κ1) is 16.7. The predicted octanol–water partition coefficient (Wildman–Crippen LogP) is 2.21. The normalized spacial score (nSPS) is 16.3. The topological polar surface area (TPSA) is 67.2 Å². The van der Waals surface area contributed by atoms with Crippen molar-refractivity contribution in [2.24, 2.45) is 0 Å². The van der Waals surface area contributed by atoms with Crippen LogP contribution in [0.25, 0.3) is 0 Å². The number of anilines is 1. The molecular formula is C18H19N3O4S. The average molecular weight is 373 g/mol. The van der Waals surface area contributed by atoms with Gasteiger partial charge in [0.15, 0.2) is 22.4 Å². The minimum Gasteiger partial charge on any atom is -0.486 e. The van der Waals surface area contributed by atoms with Crippen LogP contribution in [0.1, 0.15) is 10.6 Å². The summed E-state index contributed by atoms with van der Waals surface area (Å²) in [5, 5.41) is 3.86. The van der Waals surface area contributed by atoms with Crippen molar-refractivity contribution >= 4 is 28.9 Å². The molecule has 0 radical (unpaired) electrons. The van der Waals surface area contributed by atoms with Crippen molar-refractivity contribution < 1.29 is 18.7 Å². The summed E-state index contributed by atoms with van der Waals surface area (Å²) in [5.41, 5.74) is 0.855. The molecule has 0 aliphatic carbocycles. The number of benzene rings is 1. The number of hydrogen-bond acceptors (Lipinski definition) is 5. The Morgan fingerprint density at radius 1 is 1.00 bits per heavy atom. The number of hydrogen-bond donors (Lipinski definition) is 1. The Hall–Kier alpha value is -2.74. The first-order valence-corrected chi connectivity index (χ1v) is 8.90. The van der Waals surface area contributed by atoms with Crippen LogP contribution in [0.5, 0.6) is 11.5 Å². The first-order valence-electron chi connectivity index (χ1n) is 8.49. The molecule has 1 amide bonds. The lowest BCUT2D eigenvalue weighted by atomic mass is 10.2. The van der Waals surface area contributed by atoms with E-state index in [2.05, 4.69) is 10.2 Å². The number of carbonyl (C=O) groups excluding carboxylic acids is 1. The molecule has 1 saturated heterocycles. The second kappa shape index (κ2) is 7.25. The first-order chi connectivity index (χ1) is 12.7. The number of amides is 1. The summed E-state index contributed by atoms with van der Waals surface area (Å²) in [4.78, 5) is 16.1. The maximum atomic E-state index is 12.3. The third-order valence-corrected chi connectivity index (χ3v) is 4.74. The van der Waals surface area contributed by atoms with E-state index in [0.29, 0.717) is 50.3 Å². The van der Waals surface area contributed by atoms with Crippen molar-refractivity contribution in [1.29, 1.82) is 0 Å². The fraction of sp³-hybridized carbons (Fsp3) is 0.333. The van der Waals surface area contributed by atoms with Crippen molar-refractivity contribution in [2.75, 3.05) is 44.7 Å². The van der Waals surface area contributed by atoms with Crippen molar-refractivity contribution in [3.05, 3.63) is 42.4 Å². The van der Waals surface area contributed by atoms with Gasteiger partial charge in [-0.25, -0.2) is 0 Å². The zero-order chi connectivity index (χ0) is 17.9. The van der Waals surface area contributed by atoms with Crippen molar-refractivity contribution in [1.82, 2.24) is 9.80 Å². The van der Waals surface area contributed by atoms with Gasteiger partial charge in [0.2, 0.25) is 0 Å². The van der Waals surface area contributed by atoms with Gasteiger partial charge >= 0.3 is 0 Å². The van der Waals surface area contributed by atoms with E-state index < -0.39 is 0 Å². The van der Waals surface area contributed by atoms with Crippen LogP contribution in [0.4, 0.5) is 5.69 Å². The molecule has 8 heteroatoms. The summed E-state index contributed by atoms with van der Waals surface area (Å²) in [6.07, 6.45) is 1.51. The van der Waals surface area contributed by atoms with Crippen molar-refractivity contribution in [2.45, 2.75) is 0 Å². The van der Waals surface area contributed by atoms with Gasteiger partial charge < -0.3 is 29.0 Å². The molecule has 0 atom stereocenters. The molecule has 1 N–H and O–H groups in total. The molecule has 26 heavy (non-hydrogen) atoms. The van der Waals surface area contributed by atoms with Gasteiger partial charge in [-0.15, -0.1) is 0 Å². The predicted molar refractivity (Wildman–Crippen MR) is 99.8 cm³/mol. The molecule has 7 nitrogen and oxygen atoms in total. The van der Waals surface area contributed by atoms with Gasteiger partial charge in [-0.2, -0.15) is 0 Å². The van der Waals surface area contributed by atoms with Crippen LogP contribution in [0, 0.1) is 0 Å². The zero-order valence-corrected chi connectivity index (χ0v) is 15.0. The zero-order valence-electron chi connectivity index (χ0n) is 14.1. The average Bonchev–Trinajstić information content (AvgIpc) is 3.22. The lowest BCUT2D eigenvalue weighted by Crippen LogP contribution is -2.51. The number of piperazine rings is 1. The number of ether oxygens (including phenoxy) is 2. The van der Waals surface area contributed by atoms with Crippen molar-refractivity contribution in [3.8, 4) is 11.5 Å². The summed E-state index contributed by atoms with van der Waals surface area (Å²) in [5.74, 6) is 1.76. The SMILES string of the molecule is O=C(c1ccco1)N1CCN(C(=S)Nc2ccc3c(c2)OCCO3)CC1. The van der Waals surface area contributed by atoms with E-state index in [0.717, 1.165) is 17.2 Å². The summed E-state index contributed by atoms with van der Waals surface area (Å²) in [6, 6.07) is 9.08. The molecule has 2 aliphatic rings. The Labute approximate surface area is 156 Å². The Morgan fingerprint density at radius 2 is 1.73 bits per heavy atom. The summed E-state index contributed by atoms with van der Waals surface area (Å²) < 4.78 is 16.3. The third kappa shape index (κ3) is 3.45. The highest BCUT2D eigenvalue weighted by Gasteiger charge is 2.25. The van der Waals surface area contributed by atoms with Crippen LogP contribution in [-0.4, -0.2) is 60.2 Å². The Bertz CT molecular complexity index is 801. The summed E-state index contributed by atoms with van der Waals surface area (Å²) >= 11 is 5.52. The highest BCUT2D eigenvalue weighted by atomic mass is 32.1. The fourth-order valence-electron chi connectivity index (χ4n) is 2.99. The fourth-order valence-corrected chi connectivity index (χ4v) is 3.29. The monoisotopic (exact) mass is 373 g/mol. The van der Waals surface area contributed by atoms with E-state index in [1.54, 1.807) is 17.0 Å². The lowest BCUT2D eigenvalue weighted by Gasteiger charge is -2.35. The van der Waals surface area contributed by atoms with Crippen LogP contribution in [0.15, 0.2) is 41.0 Å². The number of nitrogens with one attached hydrogen (secondary N) is 1. The molecule has 1 aromatic heterocycles. The molecule has 136 valence electrons. The molecule has 1 aromatic carbocycles. The van der Waals surface area contributed by atoms with Crippen LogP contribution in [0.3, 0.4) is 0 Å². The van der Waals surface area contributed by atoms with Gasteiger partial charge in [-0.05, 0) is 36.5 Å². The quantitative estimate of drug-likeness (QED) is 0.810. The minimum atomic E-state index is -0.0830. The van der Waals surface area contributed by atoms with E-state index in [4.69, 9.17) is 26.1 Å². The number of thiocarbonyl (C=S) groups is 1. The van der Waals surface area contributed by atoms with E-state index in [-0.39, 0.29) is 5.91 Å². The number of rotatable bonds is 2. The smallest absolute Gasteiger partial charge is 0.289 e. The Balaban J connectivity index is 1.33. The Kier molecular flexibility index (Phi) is 4.66. The van der Waals surface area contributed by atoms with Crippen LogP contribution < -0.4 is 14.8 Å². The molecule has 1 fully saturated rings. The highest BCUT2D eigenvalue weighted by Crippen LogP contribution is 2.32. The molecule has 0 spiro atoms. The summed E-state index contributed by atoms with van der Waals surface area (Å²) in [6.45, 7) is 3.66. The van der Waals surface area contributed by atoms with Gasteiger partial charge in [-0.3, -0.25) is 4.79 Å². The standard InChI is InChI=1S/C18H19N3O4S/c22-17(15-2-1-9-23-15)20-5-7-21(8-6-20)18(26)19-13-3-4-14-16(12-13)25-11-10-24-14/h1-4,9,12H,5-8,10-11H2,(H,19,26). The maximum absolute atomic E-state index is 12.3. The molecular weight excluding hydrogens is 354 g/mol.